The molecule has 2 aromatic carbocycles. The van der Waals surface area contributed by atoms with Crippen LogP contribution in [-0.2, 0) is 43.1 Å². The van der Waals surface area contributed by atoms with Crippen LogP contribution in [-0.4, -0.2) is 104 Å². The number of aromatic nitrogens is 2. The molecule has 4 amide bonds. The van der Waals surface area contributed by atoms with Gasteiger partial charge in [-0.3, -0.25) is 28.6 Å². The molecule has 1 unspecified atom stereocenters. The molecule has 3 heterocycles. The molecular weight excluding hydrogens is 689 g/mol. The first-order valence-electron chi connectivity index (χ1n) is 17.5. The van der Waals surface area contributed by atoms with Crippen LogP contribution in [0.15, 0.2) is 67.1 Å². The van der Waals surface area contributed by atoms with Crippen LogP contribution in [0.1, 0.15) is 55.3 Å². The van der Waals surface area contributed by atoms with Crippen LogP contribution in [0.25, 0.3) is 0 Å². The minimum atomic E-state index is -4.33. The van der Waals surface area contributed by atoms with Gasteiger partial charge in [-0.25, -0.2) is 4.98 Å². The maximum absolute atomic E-state index is 14.2. The van der Waals surface area contributed by atoms with Gasteiger partial charge in [0.1, 0.15) is 23.9 Å². The first kappa shape index (κ1) is 38.7. The van der Waals surface area contributed by atoms with Crippen LogP contribution >= 0.6 is 7.60 Å². The summed E-state index contributed by atoms with van der Waals surface area (Å²) in [5.74, 6) is -1.14. The minimum Gasteiger partial charge on any atom is -0.481 e. The van der Waals surface area contributed by atoms with Crippen LogP contribution < -0.4 is 20.7 Å². The van der Waals surface area contributed by atoms with E-state index in [1.807, 2.05) is 30.3 Å². The molecule has 6 N–H and O–H groups in total. The molecular formula is C36H48N7O8P. The zero-order chi connectivity index (χ0) is 37.3. The van der Waals surface area contributed by atoms with Crippen molar-refractivity contribution < 1.29 is 38.3 Å². The summed E-state index contributed by atoms with van der Waals surface area (Å²) < 4.78 is 16.3. The fraction of sp³-hybridized carbons (Fsp3) is 0.472. The molecule has 2 aliphatic heterocycles. The monoisotopic (exact) mass is 737 g/mol. The Morgan fingerprint density at radius 2 is 1.71 bits per heavy atom. The smallest absolute Gasteiger partial charge is 0.362 e. The van der Waals surface area contributed by atoms with Gasteiger partial charge in [0.2, 0.25) is 23.6 Å². The number of nitrogens with zero attached hydrogens (tertiary/aromatic N) is 3. The van der Waals surface area contributed by atoms with Gasteiger partial charge in [-0.1, -0.05) is 55.3 Å². The number of carbonyl (C=O) groups is 4. The van der Waals surface area contributed by atoms with Gasteiger partial charge in [0.25, 0.3) is 0 Å². The van der Waals surface area contributed by atoms with Crippen molar-refractivity contribution in [1.82, 2.24) is 35.7 Å². The largest absolute Gasteiger partial charge is 0.481 e. The summed E-state index contributed by atoms with van der Waals surface area (Å²) in [6, 6.07) is 12.7. The van der Waals surface area contributed by atoms with Gasteiger partial charge in [-0.05, 0) is 69.5 Å². The van der Waals surface area contributed by atoms with E-state index in [9.17, 15) is 23.7 Å². The molecule has 2 aliphatic rings. The number of ether oxygens (including phenoxy) is 1. The number of fused-ring (bicyclic) bond motifs is 1. The van der Waals surface area contributed by atoms with Crippen molar-refractivity contribution in [1.29, 1.82) is 0 Å². The van der Waals surface area contributed by atoms with Crippen molar-refractivity contribution in [2.24, 2.45) is 0 Å². The lowest BCUT2D eigenvalue weighted by molar-refractivity contribution is -0.145. The van der Waals surface area contributed by atoms with Crippen molar-refractivity contribution in [3.8, 4) is 5.75 Å². The number of amides is 4. The molecule has 15 nitrogen and oxygen atoms in total. The summed E-state index contributed by atoms with van der Waals surface area (Å²) in [5.41, 5.74) is 2.31. The van der Waals surface area contributed by atoms with E-state index in [0.717, 1.165) is 30.4 Å². The van der Waals surface area contributed by atoms with E-state index < -0.39 is 44.0 Å². The van der Waals surface area contributed by atoms with Crippen molar-refractivity contribution >= 4 is 31.2 Å². The summed E-state index contributed by atoms with van der Waals surface area (Å²) in [6.45, 7) is 0.289. The molecule has 5 rings (SSSR count). The number of imidazole rings is 1. The summed E-state index contributed by atoms with van der Waals surface area (Å²) in [4.78, 5) is 84.0. The first-order chi connectivity index (χ1) is 24.9. The third-order valence-electron chi connectivity index (χ3n) is 9.54. The number of nitrogens with one attached hydrogen (secondary N) is 4. The van der Waals surface area contributed by atoms with Gasteiger partial charge in [0.15, 0.2) is 6.35 Å². The molecule has 5 atom stereocenters. The summed E-state index contributed by atoms with van der Waals surface area (Å²) in [7, 11) is -0.782. The Morgan fingerprint density at radius 1 is 0.981 bits per heavy atom. The Balaban J connectivity index is 1.25. The molecule has 16 heteroatoms. The van der Waals surface area contributed by atoms with Crippen molar-refractivity contribution in [2.75, 3.05) is 20.4 Å². The van der Waals surface area contributed by atoms with Crippen LogP contribution in [0.2, 0.25) is 0 Å². The normalized spacial score (nSPS) is 20.3. The Bertz CT molecular complexity index is 1700. The van der Waals surface area contributed by atoms with Crippen LogP contribution in [0.4, 0.5) is 0 Å². The van der Waals surface area contributed by atoms with E-state index in [1.165, 1.54) is 6.33 Å². The van der Waals surface area contributed by atoms with E-state index in [2.05, 4.69) is 25.9 Å². The molecule has 0 bridgehead atoms. The average molecular weight is 738 g/mol. The number of likely N-dealkylation sites (N-methyl/N-ethyl adjacent to an activating group) is 1. The number of aromatic amines is 1. The molecule has 0 spiro atoms. The second kappa shape index (κ2) is 17.8. The minimum absolute atomic E-state index is 0.157. The maximum atomic E-state index is 14.2. The van der Waals surface area contributed by atoms with Gasteiger partial charge in [0.05, 0.1) is 18.1 Å². The highest BCUT2D eigenvalue weighted by Crippen LogP contribution is 2.35. The van der Waals surface area contributed by atoms with Gasteiger partial charge in [-0.2, -0.15) is 0 Å². The van der Waals surface area contributed by atoms with Crippen molar-refractivity contribution in [3.05, 3.63) is 83.9 Å². The molecule has 2 fully saturated rings. The summed E-state index contributed by atoms with van der Waals surface area (Å²) in [6.07, 6.45) is 6.76. The molecule has 0 aliphatic carbocycles. The predicted octanol–water partition coefficient (Wildman–Crippen LogP) is 1.86. The topological polar surface area (TPSA) is 206 Å². The Morgan fingerprint density at radius 3 is 2.38 bits per heavy atom. The highest BCUT2D eigenvalue weighted by Gasteiger charge is 2.45. The molecule has 1 aromatic heterocycles. The molecule has 3 aromatic rings. The predicted molar refractivity (Wildman–Crippen MR) is 192 cm³/mol. The third kappa shape index (κ3) is 10.7. The van der Waals surface area contributed by atoms with Crippen LogP contribution in [0.5, 0.6) is 5.75 Å². The number of rotatable bonds is 15. The van der Waals surface area contributed by atoms with E-state index in [4.69, 9.17) is 14.5 Å². The Hall–Kier alpha value is -4.56. The fourth-order valence-corrected chi connectivity index (χ4v) is 7.12. The van der Waals surface area contributed by atoms with Gasteiger partial charge in [-0.15, -0.1) is 0 Å². The van der Waals surface area contributed by atoms with E-state index in [1.54, 1.807) is 54.4 Å². The highest BCUT2D eigenvalue weighted by atomic mass is 31.2. The Labute approximate surface area is 303 Å². The maximum Gasteiger partial charge on any atom is 0.362 e. The standard InChI is InChI=1S/C36H48N7O8P/c1-42(2)32(18-24-12-15-28(16-13-24)51-23-52(48,49)50)35(46)40-29-11-7-6-10-27-14-17-31(43(27)36(29)47)34(45)41-30(19-26-21-37-22-39-26)33(44)38-20-25-8-4-3-5-9-25/h3-5,8-9,12-13,15-16,21-22,27,29-32H,6-7,10-11,14,17-20,23H2,1-2H3,(H,37,39)(H,38,44)(H,40,46)(H,41,45)(H2,48,49,50)/t27?,29-,30-,31-,32-/m0/s1. The van der Waals surface area contributed by atoms with Gasteiger partial charge < -0.3 is 40.4 Å². The zero-order valence-electron chi connectivity index (χ0n) is 29.4. The number of benzene rings is 2. The lowest BCUT2D eigenvalue weighted by Crippen LogP contribution is -2.59. The molecule has 0 radical (unpaired) electrons. The average Bonchev–Trinajstić information content (AvgIpc) is 3.79. The van der Waals surface area contributed by atoms with Gasteiger partial charge >= 0.3 is 7.60 Å². The van der Waals surface area contributed by atoms with Crippen molar-refractivity contribution in [2.45, 2.75) is 88.1 Å². The van der Waals surface area contributed by atoms with Crippen LogP contribution in [0, 0.1) is 0 Å². The summed E-state index contributed by atoms with van der Waals surface area (Å²) >= 11 is 0. The first-order valence-corrected chi connectivity index (χ1v) is 19.3. The lowest BCUT2D eigenvalue weighted by Gasteiger charge is -2.36. The number of hydrogen-bond donors (Lipinski definition) is 6. The quantitative estimate of drug-likeness (QED) is 0.125. The third-order valence-corrected chi connectivity index (χ3v) is 10.0. The zero-order valence-corrected chi connectivity index (χ0v) is 30.3. The number of hydrogen-bond acceptors (Lipinski definition) is 8. The van der Waals surface area contributed by atoms with E-state index in [-0.39, 0.29) is 42.5 Å². The Kier molecular flexibility index (Phi) is 13.2. The summed E-state index contributed by atoms with van der Waals surface area (Å²) in [5, 5.41) is 8.82. The fourth-order valence-electron chi connectivity index (χ4n) is 6.80. The second-order valence-corrected chi connectivity index (χ2v) is 15.2. The molecule has 280 valence electrons. The van der Waals surface area contributed by atoms with E-state index in [0.29, 0.717) is 31.4 Å². The van der Waals surface area contributed by atoms with E-state index >= 15 is 0 Å². The highest BCUT2D eigenvalue weighted by molar-refractivity contribution is 7.51. The molecule has 0 saturated carbocycles. The number of H-pyrrole nitrogens is 1. The SMILES string of the molecule is CN(C)[C@@H](Cc1ccc(OCP(=O)(O)O)cc1)C(=O)N[C@H]1CCCCC2CC[C@@H](C(=O)N[C@@H](Cc3c[nH]cn3)C(=O)NCc3ccccc3)N2C1=O. The van der Waals surface area contributed by atoms with Crippen LogP contribution in [0.3, 0.4) is 0 Å². The molecule has 2 saturated heterocycles. The van der Waals surface area contributed by atoms with Gasteiger partial charge in [0, 0.05) is 25.2 Å². The van der Waals surface area contributed by atoms with Crippen molar-refractivity contribution in [3.63, 3.8) is 0 Å². The lowest BCUT2D eigenvalue weighted by atomic mass is 9.98. The number of carbonyl (C=O) groups excluding carboxylic acids is 4. The second-order valence-electron chi connectivity index (χ2n) is 13.6. The molecule has 52 heavy (non-hydrogen) atoms.